The third-order valence-electron chi connectivity index (χ3n) is 4.15. The van der Waals surface area contributed by atoms with Crippen molar-refractivity contribution in [1.82, 2.24) is 9.97 Å². The Labute approximate surface area is 122 Å². The molecule has 0 radical (unpaired) electrons. The summed E-state index contributed by atoms with van der Waals surface area (Å²) in [6, 6.07) is 2.04. The van der Waals surface area contributed by atoms with E-state index in [2.05, 4.69) is 41.4 Å². The van der Waals surface area contributed by atoms with Gasteiger partial charge >= 0.3 is 0 Å². The number of aromatic nitrogens is 2. The van der Waals surface area contributed by atoms with Gasteiger partial charge in [-0.05, 0) is 37.5 Å². The van der Waals surface area contributed by atoms with Crippen LogP contribution < -0.4 is 10.6 Å². The predicted octanol–water partition coefficient (Wildman–Crippen LogP) is 3.85. The van der Waals surface area contributed by atoms with Gasteiger partial charge in [-0.2, -0.15) is 0 Å². The number of rotatable bonds is 9. The van der Waals surface area contributed by atoms with Gasteiger partial charge in [0.25, 0.3) is 0 Å². The molecule has 1 aromatic heterocycles. The van der Waals surface area contributed by atoms with Crippen LogP contribution >= 0.6 is 0 Å². The van der Waals surface area contributed by atoms with Gasteiger partial charge in [-0.3, -0.25) is 0 Å². The van der Waals surface area contributed by atoms with Gasteiger partial charge in [-0.25, -0.2) is 9.97 Å². The van der Waals surface area contributed by atoms with Crippen LogP contribution in [-0.2, 0) is 6.42 Å². The Morgan fingerprint density at radius 3 is 2.30 bits per heavy atom. The molecule has 0 spiro atoms. The number of hydrogen-bond donors (Lipinski definition) is 2. The van der Waals surface area contributed by atoms with Crippen LogP contribution in [0.5, 0.6) is 0 Å². The van der Waals surface area contributed by atoms with Crippen molar-refractivity contribution in [3.63, 3.8) is 0 Å². The molecule has 1 aliphatic rings. The fraction of sp³-hybridized carbons (Fsp3) is 0.750. The molecule has 0 saturated heterocycles. The Morgan fingerprint density at radius 2 is 1.75 bits per heavy atom. The minimum Gasteiger partial charge on any atom is -0.370 e. The van der Waals surface area contributed by atoms with Crippen molar-refractivity contribution in [3.05, 3.63) is 11.9 Å². The Kier molecular flexibility index (Phi) is 5.21. The third kappa shape index (κ3) is 4.09. The molecule has 0 amide bonds. The second-order valence-corrected chi connectivity index (χ2v) is 5.94. The van der Waals surface area contributed by atoms with Gasteiger partial charge in [0.15, 0.2) is 0 Å². The second-order valence-electron chi connectivity index (χ2n) is 5.94. The van der Waals surface area contributed by atoms with Crippen molar-refractivity contribution < 1.29 is 0 Å². The summed E-state index contributed by atoms with van der Waals surface area (Å²) in [5, 5.41) is 6.89. The summed E-state index contributed by atoms with van der Waals surface area (Å²) < 4.78 is 0. The largest absolute Gasteiger partial charge is 0.370 e. The molecule has 2 N–H and O–H groups in total. The average molecular weight is 276 g/mol. The summed E-state index contributed by atoms with van der Waals surface area (Å²) in [4.78, 5) is 9.21. The number of nitrogens with one attached hydrogen (secondary N) is 2. The lowest BCUT2D eigenvalue weighted by molar-refractivity contribution is 0.520. The first-order valence-electron chi connectivity index (χ1n) is 8.07. The summed E-state index contributed by atoms with van der Waals surface area (Å²) in [5.41, 5.74) is 0.535. The SMILES string of the molecule is CCCNc1cc(NCC2(CC)CC2)nc(CCC)n1. The maximum atomic E-state index is 4.63. The lowest BCUT2D eigenvalue weighted by Crippen LogP contribution is -2.16. The topological polar surface area (TPSA) is 49.8 Å². The van der Waals surface area contributed by atoms with Gasteiger partial charge in [-0.1, -0.05) is 20.8 Å². The van der Waals surface area contributed by atoms with Crippen molar-refractivity contribution >= 4 is 11.6 Å². The standard InChI is InChI=1S/C16H28N4/c1-4-7-13-19-14(17-10-5-2)11-15(20-13)18-12-16(6-3)8-9-16/h11H,4-10,12H2,1-3H3,(H2,17,18,19,20). The van der Waals surface area contributed by atoms with Crippen LogP contribution in [0.25, 0.3) is 0 Å². The smallest absolute Gasteiger partial charge is 0.133 e. The fourth-order valence-corrected chi connectivity index (χ4v) is 2.38. The first-order valence-corrected chi connectivity index (χ1v) is 8.07. The normalized spacial score (nSPS) is 15.9. The molecule has 0 bridgehead atoms. The van der Waals surface area contributed by atoms with E-state index in [4.69, 9.17) is 0 Å². The minimum atomic E-state index is 0.535. The molecule has 20 heavy (non-hydrogen) atoms. The van der Waals surface area contributed by atoms with Crippen LogP contribution in [0, 0.1) is 5.41 Å². The van der Waals surface area contributed by atoms with Gasteiger partial charge in [-0.15, -0.1) is 0 Å². The van der Waals surface area contributed by atoms with E-state index in [1.165, 1.54) is 19.3 Å². The highest BCUT2D eigenvalue weighted by atomic mass is 15.1. The maximum Gasteiger partial charge on any atom is 0.133 e. The van der Waals surface area contributed by atoms with Crippen LogP contribution in [0.3, 0.4) is 0 Å². The molecule has 2 rings (SSSR count). The quantitative estimate of drug-likeness (QED) is 0.719. The molecule has 1 saturated carbocycles. The predicted molar refractivity (Wildman–Crippen MR) is 85.3 cm³/mol. The number of aryl methyl sites for hydroxylation is 1. The Morgan fingerprint density at radius 1 is 1.05 bits per heavy atom. The number of hydrogen-bond acceptors (Lipinski definition) is 4. The summed E-state index contributed by atoms with van der Waals surface area (Å²) in [6.45, 7) is 8.61. The molecule has 0 aliphatic heterocycles. The molecule has 112 valence electrons. The fourth-order valence-electron chi connectivity index (χ4n) is 2.38. The van der Waals surface area contributed by atoms with Crippen LogP contribution in [0.1, 0.15) is 58.7 Å². The zero-order valence-corrected chi connectivity index (χ0v) is 13.1. The van der Waals surface area contributed by atoms with E-state index in [1.54, 1.807) is 0 Å². The Bertz CT molecular complexity index is 426. The number of nitrogens with zero attached hydrogens (tertiary/aromatic N) is 2. The first-order chi connectivity index (χ1) is 9.71. The minimum absolute atomic E-state index is 0.535. The third-order valence-corrected chi connectivity index (χ3v) is 4.15. The Balaban J connectivity index is 2.03. The van der Waals surface area contributed by atoms with Gasteiger partial charge in [0.05, 0.1) is 0 Å². The summed E-state index contributed by atoms with van der Waals surface area (Å²) in [5.74, 6) is 2.87. The molecule has 0 aromatic carbocycles. The van der Waals surface area contributed by atoms with Crippen molar-refractivity contribution in [1.29, 1.82) is 0 Å². The zero-order valence-electron chi connectivity index (χ0n) is 13.1. The maximum absolute atomic E-state index is 4.63. The summed E-state index contributed by atoms with van der Waals surface area (Å²) >= 11 is 0. The van der Waals surface area contributed by atoms with Crippen molar-refractivity contribution in [2.45, 2.75) is 59.3 Å². The van der Waals surface area contributed by atoms with E-state index in [0.717, 1.165) is 49.8 Å². The van der Waals surface area contributed by atoms with Crippen LogP contribution in [-0.4, -0.2) is 23.1 Å². The lowest BCUT2D eigenvalue weighted by Gasteiger charge is -2.15. The molecule has 4 heteroatoms. The van der Waals surface area contributed by atoms with E-state index < -0.39 is 0 Å². The molecular weight excluding hydrogens is 248 g/mol. The van der Waals surface area contributed by atoms with E-state index in [1.807, 2.05) is 6.07 Å². The molecule has 1 aromatic rings. The van der Waals surface area contributed by atoms with E-state index in [9.17, 15) is 0 Å². The molecule has 4 nitrogen and oxygen atoms in total. The second kappa shape index (κ2) is 6.91. The zero-order chi connectivity index (χ0) is 14.4. The van der Waals surface area contributed by atoms with Gasteiger partial charge in [0.2, 0.25) is 0 Å². The highest BCUT2D eigenvalue weighted by Crippen LogP contribution is 2.48. The molecule has 1 heterocycles. The monoisotopic (exact) mass is 276 g/mol. The van der Waals surface area contributed by atoms with Gasteiger partial charge < -0.3 is 10.6 Å². The van der Waals surface area contributed by atoms with Crippen LogP contribution in [0.4, 0.5) is 11.6 Å². The van der Waals surface area contributed by atoms with E-state index in [0.29, 0.717) is 5.41 Å². The highest BCUT2D eigenvalue weighted by Gasteiger charge is 2.40. The van der Waals surface area contributed by atoms with Crippen molar-refractivity contribution in [2.24, 2.45) is 5.41 Å². The Hall–Kier alpha value is -1.32. The van der Waals surface area contributed by atoms with Crippen LogP contribution in [0.15, 0.2) is 6.07 Å². The first kappa shape index (κ1) is 15.1. The molecule has 0 atom stereocenters. The molecule has 0 unspecified atom stereocenters. The molecular formula is C16H28N4. The lowest BCUT2D eigenvalue weighted by atomic mass is 10.0. The molecule has 1 aliphatic carbocycles. The summed E-state index contributed by atoms with van der Waals surface area (Å²) in [6.07, 6.45) is 7.09. The molecule has 1 fully saturated rings. The van der Waals surface area contributed by atoms with Crippen molar-refractivity contribution in [2.75, 3.05) is 23.7 Å². The van der Waals surface area contributed by atoms with Gasteiger partial charge in [0.1, 0.15) is 17.5 Å². The average Bonchev–Trinajstić information content (AvgIpc) is 3.24. The van der Waals surface area contributed by atoms with Gasteiger partial charge in [0, 0.05) is 25.6 Å². The van der Waals surface area contributed by atoms with E-state index >= 15 is 0 Å². The van der Waals surface area contributed by atoms with Crippen molar-refractivity contribution in [3.8, 4) is 0 Å². The number of anilines is 2. The highest BCUT2D eigenvalue weighted by molar-refractivity contribution is 5.47. The van der Waals surface area contributed by atoms with E-state index in [-0.39, 0.29) is 0 Å². The summed E-state index contributed by atoms with van der Waals surface area (Å²) in [7, 11) is 0. The van der Waals surface area contributed by atoms with Crippen LogP contribution in [0.2, 0.25) is 0 Å².